The highest BCUT2D eigenvalue weighted by Gasteiger charge is 2.14. The molecule has 0 unspecified atom stereocenters. The average Bonchev–Trinajstić information content (AvgIpc) is 2.85. The molecule has 1 heterocycles. The number of imidazole rings is 1. The van der Waals surface area contributed by atoms with Crippen LogP contribution in [0.1, 0.15) is 17.0 Å². The first kappa shape index (κ1) is 15.6. The summed E-state index contributed by atoms with van der Waals surface area (Å²) in [7, 11) is 0. The lowest BCUT2D eigenvalue weighted by Gasteiger charge is -2.08. The van der Waals surface area contributed by atoms with Crippen LogP contribution in [-0.4, -0.2) is 21.3 Å². The minimum Gasteiger partial charge on any atom is -0.395 e. The van der Waals surface area contributed by atoms with Crippen LogP contribution >= 0.6 is 0 Å². The summed E-state index contributed by atoms with van der Waals surface area (Å²) >= 11 is 0. The SMILES string of the molecule is Cc1ccc(CCc2nc3cc(F)c(F)cc3n2CCO)cc1. The average molecular weight is 316 g/mol. The lowest BCUT2D eigenvalue weighted by atomic mass is 10.1. The second kappa shape index (κ2) is 6.46. The number of nitrogens with zero attached hydrogens (tertiary/aromatic N) is 2. The van der Waals surface area contributed by atoms with Gasteiger partial charge in [0.25, 0.3) is 0 Å². The van der Waals surface area contributed by atoms with Crippen molar-refractivity contribution in [3.8, 4) is 0 Å². The third kappa shape index (κ3) is 3.24. The van der Waals surface area contributed by atoms with E-state index in [1.807, 2.05) is 6.92 Å². The fraction of sp³-hybridized carbons (Fsp3) is 0.278. The van der Waals surface area contributed by atoms with Crippen molar-refractivity contribution in [1.29, 1.82) is 0 Å². The highest BCUT2D eigenvalue weighted by molar-refractivity contribution is 5.76. The van der Waals surface area contributed by atoms with E-state index in [2.05, 4.69) is 29.2 Å². The van der Waals surface area contributed by atoms with Gasteiger partial charge in [0.15, 0.2) is 11.6 Å². The van der Waals surface area contributed by atoms with Gasteiger partial charge < -0.3 is 9.67 Å². The Morgan fingerprint density at radius 1 is 1.04 bits per heavy atom. The molecule has 1 N–H and O–H groups in total. The van der Waals surface area contributed by atoms with Crippen molar-refractivity contribution in [2.75, 3.05) is 6.61 Å². The maximum absolute atomic E-state index is 13.5. The fourth-order valence-corrected chi connectivity index (χ4v) is 2.72. The Bertz CT molecular complexity index is 825. The highest BCUT2D eigenvalue weighted by atomic mass is 19.2. The number of aliphatic hydroxyl groups is 1. The maximum Gasteiger partial charge on any atom is 0.161 e. The molecule has 0 atom stereocenters. The van der Waals surface area contributed by atoms with Crippen molar-refractivity contribution in [3.05, 3.63) is 65.0 Å². The summed E-state index contributed by atoms with van der Waals surface area (Å²) < 4.78 is 28.6. The molecule has 3 aromatic rings. The first-order valence-corrected chi connectivity index (χ1v) is 7.59. The fourth-order valence-electron chi connectivity index (χ4n) is 2.72. The molecule has 3 nitrogen and oxygen atoms in total. The molecule has 5 heteroatoms. The molecular weight excluding hydrogens is 298 g/mol. The molecule has 0 amide bonds. The van der Waals surface area contributed by atoms with Crippen molar-refractivity contribution >= 4 is 11.0 Å². The molecule has 0 aliphatic rings. The Morgan fingerprint density at radius 3 is 2.43 bits per heavy atom. The van der Waals surface area contributed by atoms with Crippen LogP contribution in [0.5, 0.6) is 0 Å². The molecule has 0 radical (unpaired) electrons. The summed E-state index contributed by atoms with van der Waals surface area (Å²) in [4.78, 5) is 4.41. The van der Waals surface area contributed by atoms with Gasteiger partial charge in [-0.2, -0.15) is 0 Å². The van der Waals surface area contributed by atoms with E-state index in [0.29, 0.717) is 24.0 Å². The van der Waals surface area contributed by atoms with Gasteiger partial charge in [-0.25, -0.2) is 13.8 Å². The highest BCUT2D eigenvalue weighted by Crippen LogP contribution is 2.21. The molecule has 0 saturated carbocycles. The second-order valence-corrected chi connectivity index (χ2v) is 5.64. The van der Waals surface area contributed by atoms with Gasteiger partial charge in [0, 0.05) is 25.1 Å². The Balaban J connectivity index is 1.92. The normalized spacial score (nSPS) is 11.3. The summed E-state index contributed by atoms with van der Waals surface area (Å²) in [6.45, 7) is 2.26. The van der Waals surface area contributed by atoms with Gasteiger partial charge in [0.2, 0.25) is 0 Å². The van der Waals surface area contributed by atoms with Gasteiger partial charge in [-0.05, 0) is 18.9 Å². The first-order valence-electron chi connectivity index (χ1n) is 7.59. The summed E-state index contributed by atoms with van der Waals surface area (Å²) in [6, 6.07) is 10.5. The number of halogens is 2. The largest absolute Gasteiger partial charge is 0.395 e. The molecule has 3 rings (SSSR count). The topological polar surface area (TPSA) is 38.0 Å². The van der Waals surface area contributed by atoms with Crippen LogP contribution < -0.4 is 0 Å². The molecule has 120 valence electrons. The van der Waals surface area contributed by atoms with Crippen molar-refractivity contribution in [3.63, 3.8) is 0 Å². The number of hydrogen-bond acceptors (Lipinski definition) is 2. The van der Waals surface area contributed by atoms with E-state index in [1.54, 1.807) is 4.57 Å². The zero-order valence-corrected chi connectivity index (χ0v) is 12.9. The van der Waals surface area contributed by atoms with Crippen LogP contribution in [0.3, 0.4) is 0 Å². The standard InChI is InChI=1S/C18H18F2N2O/c1-12-2-4-13(5-3-12)6-7-18-21-16-10-14(19)15(20)11-17(16)22(18)8-9-23/h2-5,10-11,23H,6-9H2,1H3. The Kier molecular flexibility index (Phi) is 4.39. The van der Waals surface area contributed by atoms with Crippen LogP contribution in [0.2, 0.25) is 0 Å². The van der Waals surface area contributed by atoms with Crippen LogP contribution in [0.25, 0.3) is 11.0 Å². The van der Waals surface area contributed by atoms with Crippen LogP contribution in [-0.2, 0) is 19.4 Å². The van der Waals surface area contributed by atoms with Gasteiger partial charge >= 0.3 is 0 Å². The monoisotopic (exact) mass is 316 g/mol. The zero-order valence-electron chi connectivity index (χ0n) is 12.9. The van der Waals surface area contributed by atoms with E-state index in [4.69, 9.17) is 0 Å². The molecule has 0 fully saturated rings. The predicted molar refractivity (Wildman–Crippen MR) is 85.3 cm³/mol. The zero-order chi connectivity index (χ0) is 16.4. The molecule has 0 bridgehead atoms. The summed E-state index contributed by atoms with van der Waals surface area (Å²) in [6.07, 6.45) is 1.42. The second-order valence-electron chi connectivity index (χ2n) is 5.64. The number of fused-ring (bicyclic) bond motifs is 1. The molecule has 2 aromatic carbocycles. The third-order valence-electron chi connectivity index (χ3n) is 3.95. The van der Waals surface area contributed by atoms with E-state index in [-0.39, 0.29) is 6.61 Å². The predicted octanol–water partition coefficient (Wildman–Crippen LogP) is 3.40. The van der Waals surface area contributed by atoms with E-state index in [1.165, 1.54) is 11.1 Å². The summed E-state index contributed by atoms with van der Waals surface area (Å²) in [5.74, 6) is -1.09. The quantitative estimate of drug-likeness (QED) is 0.783. The number of rotatable bonds is 5. The summed E-state index contributed by atoms with van der Waals surface area (Å²) in [5.41, 5.74) is 3.30. The van der Waals surface area contributed by atoms with Crippen molar-refractivity contribution in [2.45, 2.75) is 26.3 Å². The van der Waals surface area contributed by atoms with Gasteiger partial charge in [0.1, 0.15) is 5.82 Å². The van der Waals surface area contributed by atoms with Crippen LogP contribution in [0, 0.1) is 18.6 Å². The van der Waals surface area contributed by atoms with E-state index >= 15 is 0 Å². The van der Waals surface area contributed by atoms with Crippen LogP contribution in [0.15, 0.2) is 36.4 Å². The molecule has 0 aliphatic heterocycles. The van der Waals surface area contributed by atoms with Crippen molar-refractivity contribution < 1.29 is 13.9 Å². The third-order valence-corrected chi connectivity index (χ3v) is 3.95. The van der Waals surface area contributed by atoms with Crippen molar-refractivity contribution in [1.82, 2.24) is 9.55 Å². The minimum atomic E-state index is -0.906. The van der Waals surface area contributed by atoms with Gasteiger partial charge in [-0.15, -0.1) is 0 Å². The van der Waals surface area contributed by atoms with Crippen LogP contribution in [0.4, 0.5) is 8.78 Å². The molecule has 1 aromatic heterocycles. The maximum atomic E-state index is 13.5. The Labute approximate surface area is 133 Å². The molecule has 0 saturated heterocycles. The number of aromatic nitrogens is 2. The Morgan fingerprint density at radius 2 is 1.74 bits per heavy atom. The molecule has 0 aliphatic carbocycles. The van der Waals surface area contributed by atoms with E-state index < -0.39 is 11.6 Å². The summed E-state index contributed by atoms with van der Waals surface area (Å²) in [5, 5.41) is 9.25. The minimum absolute atomic E-state index is 0.0814. The lowest BCUT2D eigenvalue weighted by Crippen LogP contribution is -2.08. The number of hydrogen-bond donors (Lipinski definition) is 1. The number of aliphatic hydroxyl groups excluding tert-OH is 1. The smallest absolute Gasteiger partial charge is 0.161 e. The molecular formula is C18H18F2N2O. The molecule has 0 spiro atoms. The van der Waals surface area contributed by atoms with E-state index in [0.717, 1.165) is 24.4 Å². The van der Waals surface area contributed by atoms with E-state index in [9.17, 15) is 13.9 Å². The van der Waals surface area contributed by atoms with Gasteiger partial charge in [-0.3, -0.25) is 0 Å². The van der Waals surface area contributed by atoms with Crippen molar-refractivity contribution in [2.24, 2.45) is 0 Å². The lowest BCUT2D eigenvalue weighted by molar-refractivity contribution is 0.276. The van der Waals surface area contributed by atoms with Gasteiger partial charge in [0.05, 0.1) is 17.6 Å². The number of aryl methyl sites for hydroxylation is 3. The Hall–Kier alpha value is -2.27. The van der Waals surface area contributed by atoms with Gasteiger partial charge in [-0.1, -0.05) is 29.8 Å². The first-order chi connectivity index (χ1) is 11.1. The number of benzene rings is 2. The molecule has 23 heavy (non-hydrogen) atoms.